The summed E-state index contributed by atoms with van der Waals surface area (Å²) in [6.07, 6.45) is 6.91. The van der Waals surface area contributed by atoms with E-state index in [2.05, 4.69) is 17.3 Å². The SMILES string of the molecule is CN1[C@@H]2CC[C@H]1C[C@H](NC(=O)c1cn(S(C)(=O)=O)c3ccccc13)C2. The highest BCUT2D eigenvalue weighted by atomic mass is 32.2. The number of carbonyl (C=O) groups excluding carboxylic acids is 1. The Kier molecular flexibility index (Phi) is 3.88. The van der Waals surface area contributed by atoms with Gasteiger partial charge in [-0.1, -0.05) is 18.2 Å². The number of nitrogens with zero attached hydrogens (tertiary/aromatic N) is 2. The van der Waals surface area contributed by atoms with Crippen LogP contribution in [-0.4, -0.2) is 54.6 Å². The maximum atomic E-state index is 12.8. The summed E-state index contributed by atoms with van der Waals surface area (Å²) in [5, 5.41) is 3.81. The van der Waals surface area contributed by atoms with Crippen LogP contribution in [-0.2, 0) is 10.0 Å². The molecule has 0 saturated carbocycles. The van der Waals surface area contributed by atoms with Gasteiger partial charge in [0.1, 0.15) is 0 Å². The number of para-hydroxylation sites is 1. The largest absolute Gasteiger partial charge is 0.349 e. The van der Waals surface area contributed by atoms with E-state index in [0.717, 1.165) is 19.1 Å². The first-order valence-electron chi connectivity index (χ1n) is 8.68. The molecule has 2 fully saturated rings. The number of benzene rings is 1. The van der Waals surface area contributed by atoms with Gasteiger partial charge >= 0.3 is 0 Å². The fraction of sp³-hybridized carbons (Fsp3) is 0.500. The van der Waals surface area contributed by atoms with Crippen LogP contribution in [0.1, 0.15) is 36.0 Å². The number of piperidine rings is 1. The summed E-state index contributed by atoms with van der Waals surface area (Å²) in [6, 6.07) is 8.36. The number of amides is 1. The number of fused-ring (bicyclic) bond motifs is 3. The van der Waals surface area contributed by atoms with Gasteiger partial charge in [-0.25, -0.2) is 12.4 Å². The average Bonchev–Trinajstić information content (AvgIpc) is 3.02. The quantitative estimate of drug-likeness (QED) is 0.905. The Morgan fingerprint density at radius 2 is 1.80 bits per heavy atom. The Balaban J connectivity index is 1.63. The molecule has 25 heavy (non-hydrogen) atoms. The summed E-state index contributed by atoms with van der Waals surface area (Å²) in [4.78, 5) is 15.3. The fourth-order valence-corrected chi connectivity index (χ4v) is 5.21. The number of hydrogen-bond acceptors (Lipinski definition) is 4. The summed E-state index contributed by atoms with van der Waals surface area (Å²) in [5.41, 5.74) is 0.964. The molecular formula is C18H23N3O3S. The first-order chi connectivity index (χ1) is 11.8. The molecule has 0 unspecified atom stereocenters. The highest BCUT2D eigenvalue weighted by Gasteiger charge is 2.39. The molecule has 2 saturated heterocycles. The van der Waals surface area contributed by atoms with E-state index in [1.807, 2.05) is 6.07 Å². The molecule has 6 nitrogen and oxygen atoms in total. The smallest absolute Gasteiger partial charge is 0.253 e. The third-order valence-electron chi connectivity index (χ3n) is 5.71. The van der Waals surface area contributed by atoms with Crippen LogP contribution < -0.4 is 5.32 Å². The Hall–Kier alpha value is -1.86. The first-order valence-corrected chi connectivity index (χ1v) is 10.5. The molecule has 0 aliphatic carbocycles. The van der Waals surface area contributed by atoms with Gasteiger partial charge in [-0.05, 0) is 38.8 Å². The van der Waals surface area contributed by atoms with Crippen LogP contribution >= 0.6 is 0 Å². The Labute approximate surface area is 147 Å². The molecule has 1 N–H and O–H groups in total. The molecule has 1 amide bonds. The van der Waals surface area contributed by atoms with Crippen LogP contribution in [0.15, 0.2) is 30.5 Å². The van der Waals surface area contributed by atoms with Crippen molar-refractivity contribution in [1.82, 2.24) is 14.2 Å². The number of aromatic nitrogens is 1. The summed E-state index contributed by atoms with van der Waals surface area (Å²) in [5.74, 6) is -0.187. The van der Waals surface area contributed by atoms with E-state index < -0.39 is 10.0 Å². The van der Waals surface area contributed by atoms with E-state index in [-0.39, 0.29) is 11.9 Å². The van der Waals surface area contributed by atoms with Crippen molar-refractivity contribution in [3.63, 3.8) is 0 Å². The summed E-state index contributed by atoms with van der Waals surface area (Å²) >= 11 is 0. The fourth-order valence-electron chi connectivity index (χ4n) is 4.40. The lowest BCUT2D eigenvalue weighted by Gasteiger charge is -2.36. The molecular weight excluding hydrogens is 338 g/mol. The second kappa shape index (κ2) is 5.85. The van der Waals surface area contributed by atoms with Crippen molar-refractivity contribution >= 4 is 26.8 Å². The van der Waals surface area contributed by atoms with E-state index in [0.29, 0.717) is 28.6 Å². The van der Waals surface area contributed by atoms with E-state index in [4.69, 9.17) is 0 Å². The van der Waals surface area contributed by atoms with Crippen molar-refractivity contribution in [3.8, 4) is 0 Å². The molecule has 2 aliphatic rings. The van der Waals surface area contributed by atoms with E-state index in [9.17, 15) is 13.2 Å². The van der Waals surface area contributed by atoms with E-state index in [1.165, 1.54) is 23.0 Å². The van der Waals surface area contributed by atoms with E-state index in [1.54, 1.807) is 18.2 Å². The van der Waals surface area contributed by atoms with Crippen LogP contribution in [0, 0.1) is 0 Å². The predicted octanol–water partition coefficient (Wildman–Crippen LogP) is 1.80. The lowest BCUT2D eigenvalue weighted by molar-refractivity contribution is 0.0884. The number of rotatable bonds is 3. The van der Waals surface area contributed by atoms with Crippen LogP contribution in [0.5, 0.6) is 0 Å². The topological polar surface area (TPSA) is 71.4 Å². The zero-order chi connectivity index (χ0) is 17.8. The van der Waals surface area contributed by atoms with Crippen LogP contribution in [0.3, 0.4) is 0 Å². The minimum atomic E-state index is -3.46. The molecule has 0 spiro atoms. The maximum Gasteiger partial charge on any atom is 0.253 e. The highest BCUT2D eigenvalue weighted by molar-refractivity contribution is 7.89. The summed E-state index contributed by atoms with van der Waals surface area (Å²) in [7, 11) is -1.29. The van der Waals surface area contributed by atoms with Gasteiger partial charge in [0.05, 0.1) is 17.3 Å². The Bertz CT molecular complexity index is 920. The molecule has 4 rings (SSSR count). The molecule has 0 radical (unpaired) electrons. The van der Waals surface area contributed by atoms with E-state index >= 15 is 0 Å². The number of hydrogen-bond donors (Lipinski definition) is 1. The molecule has 134 valence electrons. The Morgan fingerprint density at radius 1 is 1.16 bits per heavy atom. The summed E-state index contributed by atoms with van der Waals surface area (Å²) in [6.45, 7) is 0. The standard InChI is InChI=1S/C18H23N3O3S/c1-20-13-7-8-14(20)10-12(9-13)19-18(22)16-11-21(25(2,23)24)17-6-4-3-5-15(16)17/h3-6,11-14H,7-10H2,1-2H3,(H,19,22)/t12-,13-,14+. The number of nitrogens with one attached hydrogen (secondary N) is 1. The average molecular weight is 361 g/mol. The molecule has 2 bridgehead atoms. The Morgan fingerprint density at radius 3 is 2.44 bits per heavy atom. The van der Waals surface area contributed by atoms with Crippen molar-refractivity contribution in [3.05, 3.63) is 36.0 Å². The van der Waals surface area contributed by atoms with Gasteiger partial charge in [0.2, 0.25) is 10.0 Å². The minimum Gasteiger partial charge on any atom is -0.349 e. The van der Waals surface area contributed by atoms with Gasteiger partial charge in [-0.2, -0.15) is 0 Å². The lowest BCUT2D eigenvalue weighted by Crippen LogP contribution is -2.48. The van der Waals surface area contributed by atoms with Crippen molar-refractivity contribution < 1.29 is 13.2 Å². The lowest BCUT2D eigenvalue weighted by atomic mass is 9.97. The van der Waals surface area contributed by atoms with Crippen molar-refractivity contribution in [2.24, 2.45) is 0 Å². The molecule has 3 heterocycles. The van der Waals surface area contributed by atoms with Gasteiger partial charge in [-0.3, -0.25) is 4.79 Å². The normalized spacial score (nSPS) is 26.9. The van der Waals surface area contributed by atoms with Crippen LogP contribution in [0.4, 0.5) is 0 Å². The van der Waals surface area contributed by atoms with Crippen molar-refractivity contribution in [1.29, 1.82) is 0 Å². The monoisotopic (exact) mass is 361 g/mol. The van der Waals surface area contributed by atoms with Crippen molar-refractivity contribution in [2.45, 2.75) is 43.8 Å². The third kappa shape index (κ3) is 2.85. The maximum absolute atomic E-state index is 12.8. The van der Waals surface area contributed by atoms with Crippen LogP contribution in [0.25, 0.3) is 10.9 Å². The van der Waals surface area contributed by atoms with Gasteiger partial charge in [0.25, 0.3) is 5.91 Å². The first kappa shape index (κ1) is 16.6. The van der Waals surface area contributed by atoms with Gasteiger partial charge in [0.15, 0.2) is 0 Å². The predicted molar refractivity (Wildman–Crippen MR) is 97.2 cm³/mol. The zero-order valence-electron chi connectivity index (χ0n) is 14.5. The van der Waals surface area contributed by atoms with Gasteiger partial charge in [0, 0.05) is 29.7 Å². The highest BCUT2D eigenvalue weighted by Crippen LogP contribution is 2.34. The van der Waals surface area contributed by atoms with Crippen LogP contribution in [0.2, 0.25) is 0 Å². The molecule has 2 aliphatic heterocycles. The zero-order valence-corrected chi connectivity index (χ0v) is 15.3. The molecule has 1 aromatic heterocycles. The summed E-state index contributed by atoms with van der Waals surface area (Å²) < 4.78 is 25.2. The molecule has 7 heteroatoms. The minimum absolute atomic E-state index is 0.154. The third-order valence-corrected chi connectivity index (χ3v) is 6.73. The van der Waals surface area contributed by atoms with Gasteiger partial charge in [-0.15, -0.1) is 0 Å². The number of carbonyl (C=O) groups is 1. The van der Waals surface area contributed by atoms with Crippen molar-refractivity contribution in [2.75, 3.05) is 13.3 Å². The molecule has 1 aromatic carbocycles. The second-order valence-electron chi connectivity index (χ2n) is 7.31. The molecule has 2 aromatic rings. The second-order valence-corrected chi connectivity index (χ2v) is 9.17. The molecule has 3 atom stereocenters. The van der Waals surface area contributed by atoms with Gasteiger partial charge < -0.3 is 10.2 Å².